The van der Waals surface area contributed by atoms with Gasteiger partial charge in [-0.1, -0.05) is 36.8 Å². The second kappa shape index (κ2) is 9.82. The van der Waals surface area contributed by atoms with Gasteiger partial charge in [0.2, 0.25) is 0 Å². The zero-order valence-corrected chi connectivity index (χ0v) is 20.4. The molecule has 1 aliphatic carbocycles. The van der Waals surface area contributed by atoms with Gasteiger partial charge in [-0.05, 0) is 67.5 Å². The second-order valence-corrected chi connectivity index (χ2v) is 9.97. The minimum absolute atomic E-state index is 0.146. The first-order chi connectivity index (χ1) is 17.0. The topological polar surface area (TPSA) is 51.5 Å². The molecule has 2 aliphatic rings. The maximum atomic E-state index is 14.3. The molecule has 0 spiro atoms. The lowest BCUT2D eigenvalue weighted by molar-refractivity contribution is -0.0545. The van der Waals surface area contributed by atoms with Crippen LogP contribution in [0.5, 0.6) is 0 Å². The van der Waals surface area contributed by atoms with Gasteiger partial charge in [0, 0.05) is 48.5 Å². The summed E-state index contributed by atoms with van der Waals surface area (Å²) in [5.74, 6) is 0.169. The summed E-state index contributed by atoms with van der Waals surface area (Å²) >= 11 is 0. The number of benzene rings is 2. The molecule has 3 aromatic rings. The predicted octanol–water partition coefficient (Wildman–Crippen LogP) is 6.27. The Hall–Kier alpha value is -3.18. The fourth-order valence-electron chi connectivity index (χ4n) is 5.70. The smallest absolute Gasteiger partial charge is 0.163 e. The van der Waals surface area contributed by atoms with Gasteiger partial charge >= 0.3 is 0 Å². The van der Waals surface area contributed by atoms with Crippen molar-refractivity contribution in [2.45, 2.75) is 57.6 Å². The van der Waals surface area contributed by atoms with Gasteiger partial charge in [-0.15, -0.1) is 0 Å². The number of aryl methyl sites for hydroxylation is 1. The Kier molecular flexibility index (Phi) is 6.61. The van der Waals surface area contributed by atoms with E-state index in [1.165, 1.54) is 6.07 Å². The molecule has 1 aromatic heterocycles. The van der Waals surface area contributed by atoms with Gasteiger partial charge < -0.3 is 4.74 Å². The number of ether oxygens (including phenoxy) is 1. The van der Waals surface area contributed by atoms with Crippen LogP contribution in [0.15, 0.2) is 65.8 Å². The van der Waals surface area contributed by atoms with Crippen molar-refractivity contribution >= 4 is 11.5 Å². The number of aliphatic imine (C=N–C) groups is 1. The molecule has 2 atom stereocenters. The van der Waals surface area contributed by atoms with E-state index in [0.717, 1.165) is 59.3 Å². The molecule has 180 valence electrons. The lowest BCUT2D eigenvalue weighted by Crippen LogP contribution is -2.40. The summed E-state index contributed by atoms with van der Waals surface area (Å²) in [7, 11) is 1.72. The Balaban J connectivity index is 1.31. The number of hydrogen-bond acceptors (Lipinski definition) is 4. The van der Waals surface area contributed by atoms with E-state index in [9.17, 15) is 9.18 Å². The van der Waals surface area contributed by atoms with E-state index in [1.807, 2.05) is 49.4 Å². The fourth-order valence-corrected chi connectivity index (χ4v) is 5.70. The lowest BCUT2D eigenvalue weighted by atomic mass is 9.73. The van der Waals surface area contributed by atoms with Crippen LogP contribution in [0.25, 0.3) is 0 Å². The highest BCUT2D eigenvalue weighted by Gasteiger charge is 2.38. The van der Waals surface area contributed by atoms with Crippen LogP contribution in [0.2, 0.25) is 0 Å². The molecule has 2 heterocycles. The van der Waals surface area contributed by atoms with Crippen molar-refractivity contribution in [2.24, 2.45) is 10.9 Å². The van der Waals surface area contributed by atoms with Crippen LogP contribution in [0, 0.1) is 18.7 Å². The highest BCUT2D eigenvalue weighted by Crippen LogP contribution is 2.40. The predicted molar refractivity (Wildman–Crippen MR) is 136 cm³/mol. The van der Waals surface area contributed by atoms with Crippen molar-refractivity contribution < 1.29 is 13.9 Å². The largest absolute Gasteiger partial charge is 0.378 e. The maximum Gasteiger partial charge on any atom is 0.163 e. The van der Waals surface area contributed by atoms with Gasteiger partial charge in [0.05, 0.1) is 17.9 Å². The van der Waals surface area contributed by atoms with Gasteiger partial charge in [0.1, 0.15) is 5.82 Å². The van der Waals surface area contributed by atoms with Gasteiger partial charge in [0.15, 0.2) is 5.78 Å². The zero-order valence-electron chi connectivity index (χ0n) is 20.4. The molecule has 0 N–H and O–H groups in total. The van der Waals surface area contributed by atoms with Crippen LogP contribution in [-0.4, -0.2) is 29.2 Å². The summed E-state index contributed by atoms with van der Waals surface area (Å²) < 4.78 is 20.3. The van der Waals surface area contributed by atoms with E-state index < -0.39 is 5.60 Å². The van der Waals surface area contributed by atoms with E-state index in [0.29, 0.717) is 24.9 Å². The van der Waals surface area contributed by atoms with E-state index in [2.05, 4.69) is 4.98 Å². The van der Waals surface area contributed by atoms with Crippen molar-refractivity contribution in [1.29, 1.82) is 0 Å². The average Bonchev–Trinajstić information content (AvgIpc) is 3.29. The molecule has 0 bridgehead atoms. The fraction of sp³-hybridized carbons (Fsp3) is 0.367. The van der Waals surface area contributed by atoms with Crippen molar-refractivity contribution in [3.05, 3.63) is 100 Å². The monoisotopic (exact) mass is 470 g/mol. The van der Waals surface area contributed by atoms with Gasteiger partial charge in [-0.2, -0.15) is 0 Å². The van der Waals surface area contributed by atoms with Crippen LogP contribution in [0.3, 0.4) is 0 Å². The van der Waals surface area contributed by atoms with Gasteiger partial charge in [-0.25, -0.2) is 4.39 Å². The second-order valence-electron chi connectivity index (χ2n) is 9.97. The highest BCUT2D eigenvalue weighted by molar-refractivity contribution is 6.16. The summed E-state index contributed by atoms with van der Waals surface area (Å²) in [6.07, 6.45) is 6.41. The van der Waals surface area contributed by atoms with Crippen molar-refractivity contribution in [2.75, 3.05) is 7.11 Å². The molecule has 0 amide bonds. The number of nitrogens with zero attached hydrogens (tertiary/aromatic N) is 2. The SMILES string of the molecule is COC1(Cc2ccccc2F)CCCC(CC(=O)c2ccc3c(c2)C(c2ccnc(C)c2)=NC3)C1. The van der Waals surface area contributed by atoms with Crippen LogP contribution in [-0.2, 0) is 17.7 Å². The number of aromatic nitrogens is 1. The van der Waals surface area contributed by atoms with Crippen LogP contribution in [0.1, 0.15) is 70.4 Å². The molecular weight excluding hydrogens is 439 g/mol. The molecule has 5 heteroatoms. The lowest BCUT2D eigenvalue weighted by Gasteiger charge is -2.40. The third kappa shape index (κ3) is 4.96. The number of carbonyl (C=O) groups is 1. The van der Waals surface area contributed by atoms with E-state index in [4.69, 9.17) is 9.73 Å². The molecule has 2 unspecified atom stereocenters. The molecule has 1 aliphatic heterocycles. The summed E-state index contributed by atoms with van der Waals surface area (Å²) in [6.45, 7) is 2.60. The van der Waals surface area contributed by atoms with Crippen LogP contribution >= 0.6 is 0 Å². The Labute approximate surface area is 206 Å². The third-order valence-electron chi connectivity index (χ3n) is 7.55. The average molecular weight is 471 g/mol. The summed E-state index contributed by atoms with van der Waals surface area (Å²) in [6, 6.07) is 16.9. The number of fused-ring (bicyclic) bond motifs is 1. The minimum Gasteiger partial charge on any atom is -0.378 e. The molecule has 0 saturated heterocycles. The number of ketones is 1. The van der Waals surface area contributed by atoms with E-state index in [-0.39, 0.29) is 17.5 Å². The molecule has 0 radical (unpaired) electrons. The number of methoxy groups -OCH3 is 1. The number of pyridine rings is 1. The third-order valence-corrected chi connectivity index (χ3v) is 7.55. The first-order valence-electron chi connectivity index (χ1n) is 12.4. The van der Waals surface area contributed by atoms with Crippen LogP contribution in [0.4, 0.5) is 4.39 Å². The Morgan fingerprint density at radius 1 is 1.17 bits per heavy atom. The number of rotatable bonds is 7. The van der Waals surface area contributed by atoms with Gasteiger partial charge in [-0.3, -0.25) is 14.8 Å². The Morgan fingerprint density at radius 2 is 2.03 bits per heavy atom. The number of carbonyl (C=O) groups excluding carboxylic acids is 1. The van der Waals surface area contributed by atoms with Crippen molar-refractivity contribution in [3.63, 3.8) is 0 Å². The molecule has 1 fully saturated rings. The van der Waals surface area contributed by atoms with Crippen molar-refractivity contribution in [1.82, 2.24) is 4.98 Å². The van der Waals surface area contributed by atoms with Crippen LogP contribution < -0.4 is 0 Å². The number of halogens is 1. The number of Topliss-reactive ketones (excluding diaryl/α,β-unsaturated/α-hetero) is 1. The molecule has 35 heavy (non-hydrogen) atoms. The number of hydrogen-bond donors (Lipinski definition) is 0. The Bertz CT molecular complexity index is 1280. The van der Waals surface area contributed by atoms with Gasteiger partial charge in [0.25, 0.3) is 0 Å². The minimum atomic E-state index is -0.428. The molecule has 4 nitrogen and oxygen atoms in total. The molecule has 2 aromatic carbocycles. The maximum absolute atomic E-state index is 14.3. The molecular formula is C30H31FN2O2. The summed E-state index contributed by atoms with van der Waals surface area (Å²) in [4.78, 5) is 22.4. The van der Waals surface area contributed by atoms with E-state index in [1.54, 1.807) is 19.4 Å². The van der Waals surface area contributed by atoms with Crippen molar-refractivity contribution in [3.8, 4) is 0 Å². The quantitative estimate of drug-likeness (QED) is 0.382. The molecule has 5 rings (SSSR count). The summed E-state index contributed by atoms with van der Waals surface area (Å²) in [5, 5.41) is 0. The summed E-state index contributed by atoms with van der Waals surface area (Å²) in [5.41, 5.74) is 6.07. The standard InChI is InChI=1S/C30H31FN2O2/c1-20-14-23(11-13-32-20)29-26-16-22(9-10-25(26)19-33-29)28(34)15-21-6-5-12-30(17-21,35-2)18-24-7-3-4-8-27(24)31/h3-4,7-11,13-14,16,21H,5-6,12,15,17-19H2,1-2H3. The first-order valence-corrected chi connectivity index (χ1v) is 12.4. The first kappa shape index (κ1) is 23.6. The normalized spacial score (nSPS) is 21.5. The Morgan fingerprint density at radius 3 is 2.83 bits per heavy atom. The van der Waals surface area contributed by atoms with E-state index >= 15 is 0 Å². The highest BCUT2D eigenvalue weighted by atomic mass is 19.1. The zero-order chi connectivity index (χ0) is 24.4. The molecule has 1 saturated carbocycles.